The highest BCUT2D eigenvalue weighted by atomic mass is 32.1. The summed E-state index contributed by atoms with van der Waals surface area (Å²) in [6, 6.07) is 14.4. The van der Waals surface area contributed by atoms with Crippen LogP contribution in [0.25, 0.3) is 0 Å². The molecule has 200 valence electrons. The van der Waals surface area contributed by atoms with E-state index in [0.717, 1.165) is 11.4 Å². The van der Waals surface area contributed by atoms with Crippen LogP contribution in [0.5, 0.6) is 5.75 Å². The third kappa shape index (κ3) is 5.27. The van der Waals surface area contributed by atoms with Gasteiger partial charge in [-0.3, -0.25) is 9.78 Å². The number of carbonyl (C=O) groups excluding carboxylic acids is 1. The summed E-state index contributed by atoms with van der Waals surface area (Å²) in [5.74, 6) is 0.516. The van der Waals surface area contributed by atoms with E-state index < -0.39 is 5.41 Å². The van der Waals surface area contributed by atoms with E-state index >= 15 is 0 Å². The molecule has 2 aliphatic rings. The molecule has 1 aliphatic heterocycles. The average Bonchev–Trinajstić information content (AvgIpc) is 3.54. The number of nitrogens with one attached hydrogen (secondary N) is 2. The zero-order valence-corrected chi connectivity index (χ0v) is 23.4. The summed E-state index contributed by atoms with van der Waals surface area (Å²) in [6.45, 7) is 5.66. The highest BCUT2D eigenvalue weighted by Crippen LogP contribution is 2.44. The smallest absolute Gasteiger partial charge is 0.229 e. The molecule has 8 heteroatoms. The Labute approximate surface area is 230 Å². The van der Waals surface area contributed by atoms with Crippen molar-refractivity contribution < 1.29 is 9.53 Å². The summed E-state index contributed by atoms with van der Waals surface area (Å²) in [5, 5.41) is 7.17. The Hall–Kier alpha value is -3.39. The van der Waals surface area contributed by atoms with E-state index in [4.69, 9.17) is 17.0 Å². The number of hydrogen-bond donors (Lipinski definition) is 2. The molecule has 0 unspecified atom stereocenters. The van der Waals surface area contributed by atoms with E-state index in [-0.39, 0.29) is 18.0 Å². The zero-order chi connectivity index (χ0) is 26.9. The molecular formula is C30H37N5O2S. The van der Waals surface area contributed by atoms with Gasteiger partial charge in [-0.15, -0.1) is 0 Å². The Kier molecular flexibility index (Phi) is 7.43. The molecule has 2 N–H and O–H groups in total. The van der Waals surface area contributed by atoms with Gasteiger partial charge in [0.15, 0.2) is 5.11 Å². The molecule has 1 saturated carbocycles. The molecule has 1 amide bonds. The maximum Gasteiger partial charge on any atom is 0.229 e. The van der Waals surface area contributed by atoms with Gasteiger partial charge in [-0.2, -0.15) is 0 Å². The van der Waals surface area contributed by atoms with Crippen LogP contribution in [0.4, 0.5) is 11.4 Å². The van der Waals surface area contributed by atoms with Crippen molar-refractivity contribution in [3.8, 4) is 5.75 Å². The number of aromatic nitrogens is 2. The second-order valence-corrected chi connectivity index (χ2v) is 11.7. The van der Waals surface area contributed by atoms with Crippen LogP contribution < -0.4 is 20.3 Å². The molecule has 3 aromatic rings. The molecule has 1 aromatic carbocycles. The summed E-state index contributed by atoms with van der Waals surface area (Å²) in [4.78, 5) is 19.5. The third-order valence-corrected chi connectivity index (χ3v) is 7.88. The second kappa shape index (κ2) is 10.8. The lowest BCUT2D eigenvalue weighted by Crippen LogP contribution is -2.30. The number of ether oxygens (including phenoxy) is 1. The number of benzene rings is 1. The minimum Gasteiger partial charge on any atom is -0.494 e. The van der Waals surface area contributed by atoms with Gasteiger partial charge in [0.1, 0.15) is 5.75 Å². The van der Waals surface area contributed by atoms with Crippen LogP contribution in [0.15, 0.2) is 61.1 Å². The van der Waals surface area contributed by atoms with Gasteiger partial charge < -0.3 is 24.8 Å². The highest BCUT2D eigenvalue weighted by Gasteiger charge is 2.41. The number of carbonyl (C=O) groups is 1. The van der Waals surface area contributed by atoms with Crippen molar-refractivity contribution in [2.24, 2.45) is 5.41 Å². The van der Waals surface area contributed by atoms with Crippen molar-refractivity contribution in [1.82, 2.24) is 14.9 Å². The lowest BCUT2D eigenvalue weighted by Gasteiger charge is -2.28. The van der Waals surface area contributed by atoms with Gasteiger partial charge in [0.25, 0.3) is 0 Å². The fourth-order valence-electron chi connectivity index (χ4n) is 5.43. The van der Waals surface area contributed by atoms with E-state index in [1.165, 1.54) is 37.7 Å². The first-order chi connectivity index (χ1) is 18.3. The molecule has 0 spiro atoms. The Balaban J connectivity index is 1.52. The van der Waals surface area contributed by atoms with E-state index in [1.54, 1.807) is 7.11 Å². The maximum absolute atomic E-state index is 12.6. The predicted molar refractivity (Wildman–Crippen MR) is 156 cm³/mol. The summed E-state index contributed by atoms with van der Waals surface area (Å²) in [6.07, 6.45) is 12.7. The molecular weight excluding hydrogens is 494 g/mol. The molecule has 38 heavy (non-hydrogen) atoms. The highest BCUT2D eigenvalue weighted by molar-refractivity contribution is 7.80. The molecule has 3 heterocycles. The summed E-state index contributed by atoms with van der Waals surface area (Å²) in [7, 11) is 1.62. The van der Waals surface area contributed by atoms with Gasteiger partial charge in [-0.1, -0.05) is 46.1 Å². The van der Waals surface area contributed by atoms with Gasteiger partial charge in [-0.05, 0) is 61.0 Å². The molecule has 2 aromatic heterocycles. The Bertz CT molecular complexity index is 1290. The van der Waals surface area contributed by atoms with Gasteiger partial charge in [0.05, 0.1) is 30.6 Å². The van der Waals surface area contributed by atoms with Crippen molar-refractivity contribution in [2.45, 2.75) is 71.0 Å². The number of hydrogen-bond acceptors (Lipinski definition) is 4. The minimum absolute atomic E-state index is 0.0703. The topological polar surface area (TPSA) is 71.4 Å². The number of amides is 1. The van der Waals surface area contributed by atoms with Crippen molar-refractivity contribution in [3.05, 3.63) is 72.3 Å². The Morgan fingerprint density at radius 2 is 1.92 bits per heavy atom. The molecule has 2 fully saturated rings. The van der Waals surface area contributed by atoms with Crippen LogP contribution in [0.3, 0.4) is 0 Å². The molecule has 0 bridgehead atoms. The SMILES string of the molecule is COc1cc(N2C(=S)N[C@H](c3ccccn3)[C@@H]2c2ccn(C3CCCCC3)c2)ccc1NC(=O)C(C)(C)C. The largest absolute Gasteiger partial charge is 0.494 e. The molecule has 5 rings (SSSR count). The lowest BCUT2D eigenvalue weighted by atomic mass is 9.95. The first-order valence-electron chi connectivity index (χ1n) is 13.4. The van der Waals surface area contributed by atoms with E-state index in [9.17, 15) is 4.79 Å². The van der Waals surface area contributed by atoms with Crippen LogP contribution in [0.1, 0.15) is 82.3 Å². The number of nitrogens with zero attached hydrogens (tertiary/aromatic N) is 3. The van der Waals surface area contributed by atoms with Gasteiger partial charge in [0, 0.05) is 41.8 Å². The number of methoxy groups -OCH3 is 1. The summed E-state index contributed by atoms with van der Waals surface area (Å²) in [5.41, 5.74) is 3.13. The van der Waals surface area contributed by atoms with Gasteiger partial charge in [0.2, 0.25) is 5.91 Å². The molecule has 1 saturated heterocycles. The van der Waals surface area contributed by atoms with Crippen molar-refractivity contribution in [1.29, 1.82) is 0 Å². The average molecular weight is 532 g/mol. The lowest BCUT2D eigenvalue weighted by molar-refractivity contribution is -0.123. The first kappa shape index (κ1) is 26.2. The number of pyridine rings is 1. The molecule has 7 nitrogen and oxygen atoms in total. The molecule has 2 atom stereocenters. The number of rotatable bonds is 6. The van der Waals surface area contributed by atoms with Crippen LogP contribution in [0, 0.1) is 5.41 Å². The fraction of sp³-hybridized carbons (Fsp3) is 0.433. The van der Waals surface area contributed by atoms with Crippen molar-refractivity contribution >= 4 is 34.6 Å². The van der Waals surface area contributed by atoms with E-state index in [2.05, 4.69) is 43.5 Å². The molecule has 0 radical (unpaired) electrons. The number of thiocarbonyl (C=S) groups is 1. The monoisotopic (exact) mass is 531 g/mol. The fourth-order valence-corrected chi connectivity index (χ4v) is 5.77. The normalized spacial score (nSPS) is 20.3. The zero-order valence-electron chi connectivity index (χ0n) is 22.6. The first-order valence-corrected chi connectivity index (χ1v) is 13.8. The molecule has 1 aliphatic carbocycles. The van der Waals surface area contributed by atoms with Crippen LogP contribution in [-0.4, -0.2) is 27.7 Å². The van der Waals surface area contributed by atoms with Crippen LogP contribution >= 0.6 is 12.2 Å². The Morgan fingerprint density at radius 1 is 1.13 bits per heavy atom. The maximum atomic E-state index is 12.6. The van der Waals surface area contributed by atoms with Gasteiger partial charge >= 0.3 is 0 Å². The number of anilines is 2. The standard InChI is InChI=1S/C30H37N5O2S/c1-30(2,3)28(36)32-23-14-13-22(18-25(23)37-4)35-27(26(33-29(35)38)24-12-8-9-16-31-24)20-15-17-34(19-20)21-10-6-5-7-11-21/h8-9,12-19,21,26-27H,5-7,10-11H2,1-4H3,(H,32,36)(H,33,38)/t26-,27+/m1/s1. The third-order valence-electron chi connectivity index (χ3n) is 7.57. The Morgan fingerprint density at radius 3 is 2.61 bits per heavy atom. The van der Waals surface area contributed by atoms with Gasteiger partial charge in [-0.25, -0.2) is 0 Å². The predicted octanol–water partition coefficient (Wildman–Crippen LogP) is 6.56. The minimum atomic E-state index is -0.517. The quantitative estimate of drug-likeness (QED) is 0.351. The second-order valence-electron chi connectivity index (χ2n) is 11.3. The summed E-state index contributed by atoms with van der Waals surface area (Å²) >= 11 is 5.91. The summed E-state index contributed by atoms with van der Waals surface area (Å²) < 4.78 is 8.09. The van der Waals surface area contributed by atoms with Crippen molar-refractivity contribution in [2.75, 3.05) is 17.3 Å². The van der Waals surface area contributed by atoms with Crippen molar-refractivity contribution in [3.63, 3.8) is 0 Å². The van der Waals surface area contributed by atoms with Crippen LogP contribution in [0.2, 0.25) is 0 Å². The van der Waals surface area contributed by atoms with E-state index in [1.807, 2.05) is 63.4 Å². The van der Waals surface area contributed by atoms with Crippen LogP contribution in [-0.2, 0) is 4.79 Å². The van der Waals surface area contributed by atoms with E-state index in [0.29, 0.717) is 22.6 Å².